The molecule has 1 N–H and O–H groups in total. The summed E-state index contributed by atoms with van der Waals surface area (Å²) in [5.74, 6) is 0.772. The molecule has 2 aromatic carbocycles. The zero-order valence-corrected chi connectivity index (χ0v) is 16.4. The summed E-state index contributed by atoms with van der Waals surface area (Å²) in [6, 6.07) is 17.6. The Labute approximate surface area is 169 Å². The zero-order valence-electron chi connectivity index (χ0n) is 16.4. The van der Waals surface area contributed by atoms with Crippen molar-refractivity contribution in [3.05, 3.63) is 89.4 Å². The molecule has 6 nitrogen and oxygen atoms in total. The van der Waals surface area contributed by atoms with Gasteiger partial charge in [0.1, 0.15) is 18.1 Å². The number of hydrogen-bond acceptors (Lipinski definition) is 5. The molecule has 0 aliphatic rings. The number of rotatable bonds is 8. The largest absolute Gasteiger partial charge is 0.489 e. The topological polar surface area (TPSA) is 77.8 Å². The van der Waals surface area contributed by atoms with Crippen molar-refractivity contribution in [2.75, 3.05) is 0 Å². The van der Waals surface area contributed by atoms with Crippen LogP contribution in [-0.4, -0.2) is 18.0 Å². The summed E-state index contributed by atoms with van der Waals surface area (Å²) in [4.78, 5) is 24.2. The number of furan rings is 1. The van der Waals surface area contributed by atoms with Crippen molar-refractivity contribution in [3.8, 4) is 5.75 Å². The maximum atomic E-state index is 12.3. The number of amides is 1. The van der Waals surface area contributed by atoms with Crippen LogP contribution in [0.1, 0.15) is 45.9 Å². The molecule has 1 aromatic heterocycles. The number of nitrogens with one attached hydrogen (secondary N) is 1. The van der Waals surface area contributed by atoms with Gasteiger partial charge in [0, 0.05) is 5.56 Å². The maximum Gasteiger partial charge on any atom is 0.338 e. The Morgan fingerprint density at radius 3 is 2.48 bits per heavy atom. The number of ether oxygens (including phenoxy) is 2. The lowest BCUT2D eigenvalue weighted by Gasteiger charge is -2.10. The highest BCUT2D eigenvalue weighted by atomic mass is 16.5. The van der Waals surface area contributed by atoms with Crippen LogP contribution in [-0.2, 0) is 17.9 Å². The number of benzene rings is 2. The summed E-state index contributed by atoms with van der Waals surface area (Å²) in [6.07, 6.45) is 1.40. The summed E-state index contributed by atoms with van der Waals surface area (Å²) in [5.41, 5.74) is 1.88. The summed E-state index contributed by atoms with van der Waals surface area (Å²) in [5, 5.41) is 2.82. The van der Waals surface area contributed by atoms with Gasteiger partial charge in [0.15, 0.2) is 0 Å². The predicted molar refractivity (Wildman–Crippen MR) is 108 cm³/mol. The van der Waals surface area contributed by atoms with Gasteiger partial charge in [-0.2, -0.15) is 0 Å². The summed E-state index contributed by atoms with van der Waals surface area (Å²) in [7, 11) is 0. The quantitative estimate of drug-likeness (QED) is 0.576. The number of hydrogen-bond donors (Lipinski definition) is 1. The smallest absolute Gasteiger partial charge is 0.338 e. The minimum absolute atomic E-state index is 0.165. The molecule has 0 atom stereocenters. The molecule has 1 heterocycles. The van der Waals surface area contributed by atoms with Crippen molar-refractivity contribution < 1.29 is 23.5 Å². The second-order valence-electron chi connectivity index (χ2n) is 6.73. The van der Waals surface area contributed by atoms with Crippen LogP contribution in [0.2, 0.25) is 0 Å². The molecule has 3 aromatic rings. The van der Waals surface area contributed by atoms with Gasteiger partial charge in [0.2, 0.25) is 0 Å². The van der Waals surface area contributed by atoms with E-state index in [1.807, 2.05) is 12.1 Å². The molecule has 0 saturated heterocycles. The highest BCUT2D eigenvalue weighted by molar-refractivity contribution is 5.94. The lowest BCUT2D eigenvalue weighted by Crippen LogP contribution is -2.22. The lowest BCUT2D eigenvalue weighted by atomic mass is 10.1. The van der Waals surface area contributed by atoms with Crippen molar-refractivity contribution in [3.63, 3.8) is 0 Å². The molecule has 6 heteroatoms. The van der Waals surface area contributed by atoms with Crippen LogP contribution in [0, 0.1) is 0 Å². The van der Waals surface area contributed by atoms with Gasteiger partial charge in [-0.3, -0.25) is 4.79 Å². The third-order valence-corrected chi connectivity index (χ3v) is 4.03. The van der Waals surface area contributed by atoms with Crippen LogP contribution in [0.3, 0.4) is 0 Å². The minimum Gasteiger partial charge on any atom is -0.489 e. The summed E-state index contributed by atoms with van der Waals surface area (Å²) in [6.45, 7) is 4.24. The SMILES string of the molecule is CC(C)OC(=O)c1ccc(OCc2cccc(C(=O)NCc3ccco3)c2)cc1. The average Bonchev–Trinajstić information content (AvgIpc) is 3.24. The van der Waals surface area contributed by atoms with Crippen molar-refractivity contribution in [1.29, 1.82) is 0 Å². The zero-order chi connectivity index (χ0) is 20.6. The van der Waals surface area contributed by atoms with Gasteiger partial charge in [-0.05, 0) is 67.9 Å². The standard InChI is InChI=1S/C23H23NO5/c1-16(2)29-23(26)18-8-10-20(11-9-18)28-15-17-5-3-6-19(13-17)22(25)24-14-21-7-4-12-27-21/h3-13,16H,14-15H2,1-2H3,(H,24,25). The first-order valence-corrected chi connectivity index (χ1v) is 9.34. The van der Waals surface area contributed by atoms with E-state index in [9.17, 15) is 9.59 Å². The van der Waals surface area contributed by atoms with Crippen molar-refractivity contribution in [2.45, 2.75) is 33.1 Å². The Morgan fingerprint density at radius 2 is 1.79 bits per heavy atom. The highest BCUT2D eigenvalue weighted by Gasteiger charge is 2.10. The maximum absolute atomic E-state index is 12.3. The van der Waals surface area contributed by atoms with Gasteiger partial charge in [-0.1, -0.05) is 12.1 Å². The first-order chi connectivity index (χ1) is 14.0. The van der Waals surface area contributed by atoms with E-state index in [1.165, 1.54) is 0 Å². The highest BCUT2D eigenvalue weighted by Crippen LogP contribution is 2.16. The third-order valence-electron chi connectivity index (χ3n) is 4.03. The number of carbonyl (C=O) groups is 2. The molecule has 3 rings (SSSR count). The molecular weight excluding hydrogens is 370 g/mol. The molecule has 29 heavy (non-hydrogen) atoms. The lowest BCUT2D eigenvalue weighted by molar-refractivity contribution is 0.0377. The van der Waals surface area contributed by atoms with Crippen LogP contribution in [0.4, 0.5) is 0 Å². The Hall–Kier alpha value is -3.54. The number of esters is 1. The van der Waals surface area contributed by atoms with Crippen LogP contribution < -0.4 is 10.1 Å². The molecule has 0 aliphatic carbocycles. The molecular formula is C23H23NO5. The van der Waals surface area contributed by atoms with E-state index >= 15 is 0 Å². The first kappa shape index (κ1) is 20.2. The monoisotopic (exact) mass is 393 g/mol. The first-order valence-electron chi connectivity index (χ1n) is 9.34. The fraction of sp³-hybridized carbons (Fsp3) is 0.217. The Balaban J connectivity index is 1.55. The van der Waals surface area contributed by atoms with E-state index in [4.69, 9.17) is 13.9 Å². The molecule has 1 amide bonds. The number of carbonyl (C=O) groups excluding carboxylic acids is 2. The van der Waals surface area contributed by atoms with Gasteiger partial charge in [0.25, 0.3) is 5.91 Å². The normalized spacial score (nSPS) is 10.6. The average molecular weight is 393 g/mol. The molecule has 0 unspecified atom stereocenters. The predicted octanol–water partition coefficient (Wildman–Crippen LogP) is 4.35. The second kappa shape index (κ2) is 9.59. The van der Waals surface area contributed by atoms with Crippen LogP contribution in [0.15, 0.2) is 71.3 Å². The van der Waals surface area contributed by atoms with E-state index in [1.54, 1.807) is 68.6 Å². The van der Waals surface area contributed by atoms with Crippen molar-refractivity contribution in [1.82, 2.24) is 5.32 Å². The Morgan fingerprint density at radius 1 is 1.00 bits per heavy atom. The fourth-order valence-electron chi connectivity index (χ4n) is 2.62. The van der Waals surface area contributed by atoms with Crippen molar-refractivity contribution in [2.24, 2.45) is 0 Å². The van der Waals surface area contributed by atoms with Gasteiger partial charge in [-0.25, -0.2) is 4.79 Å². The Kier molecular flexibility index (Phi) is 6.68. The molecule has 150 valence electrons. The minimum atomic E-state index is -0.361. The van der Waals surface area contributed by atoms with E-state index in [2.05, 4.69) is 5.32 Å². The van der Waals surface area contributed by atoms with Crippen LogP contribution >= 0.6 is 0 Å². The summed E-state index contributed by atoms with van der Waals surface area (Å²) >= 11 is 0. The molecule has 0 bridgehead atoms. The molecule has 0 saturated carbocycles. The molecule has 0 aliphatic heterocycles. The van der Waals surface area contributed by atoms with E-state index in [0.717, 1.165) is 5.56 Å². The third kappa shape index (κ3) is 5.97. The Bertz CT molecular complexity index is 946. The van der Waals surface area contributed by atoms with Gasteiger partial charge in [-0.15, -0.1) is 0 Å². The van der Waals surface area contributed by atoms with E-state index < -0.39 is 0 Å². The van der Waals surface area contributed by atoms with Crippen LogP contribution in [0.25, 0.3) is 0 Å². The summed E-state index contributed by atoms with van der Waals surface area (Å²) < 4.78 is 16.1. The van der Waals surface area contributed by atoms with Gasteiger partial charge in [0.05, 0.1) is 24.5 Å². The molecule has 0 fully saturated rings. The van der Waals surface area contributed by atoms with E-state index in [0.29, 0.717) is 35.8 Å². The van der Waals surface area contributed by atoms with Gasteiger partial charge >= 0.3 is 5.97 Å². The van der Waals surface area contributed by atoms with Gasteiger partial charge < -0.3 is 19.2 Å². The molecule has 0 radical (unpaired) electrons. The van der Waals surface area contributed by atoms with Crippen molar-refractivity contribution >= 4 is 11.9 Å². The second-order valence-corrected chi connectivity index (χ2v) is 6.73. The van der Waals surface area contributed by atoms with E-state index in [-0.39, 0.29) is 18.0 Å². The van der Waals surface area contributed by atoms with Crippen LogP contribution in [0.5, 0.6) is 5.75 Å². The molecule has 0 spiro atoms. The fourth-order valence-corrected chi connectivity index (χ4v) is 2.62.